The molecule has 1 aliphatic rings. The molecule has 1 fully saturated rings. The topological polar surface area (TPSA) is 115 Å². The molecular weight excluding hydrogens is 348 g/mol. The summed E-state index contributed by atoms with van der Waals surface area (Å²) < 4.78 is 0. The molecule has 0 aliphatic carbocycles. The first-order chi connectivity index (χ1) is 13.0. The van der Waals surface area contributed by atoms with E-state index in [1.165, 1.54) is 18.2 Å². The molecule has 0 saturated carbocycles. The maximum absolute atomic E-state index is 12.9. The fourth-order valence-electron chi connectivity index (χ4n) is 3.07. The predicted molar refractivity (Wildman–Crippen MR) is 99.7 cm³/mol. The van der Waals surface area contributed by atoms with Gasteiger partial charge in [-0.1, -0.05) is 0 Å². The summed E-state index contributed by atoms with van der Waals surface area (Å²) in [4.78, 5) is 31.3. The van der Waals surface area contributed by atoms with Gasteiger partial charge in [0.1, 0.15) is 11.9 Å². The molecule has 2 aromatic rings. The molecule has 9 heteroatoms. The van der Waals surface area contributed by atoms with Crippen LogP contribution in [0.2, 0.25) is 0 Å². The first-order valence-electron chi connectivity index (χ1n) is 8.40. The van der Waals surface area contributed by atoms with Crippen LogP contribution in [0.3, 0.4) is 0 Å². The number of nitrogens with zero attached hydrogens (tertiary/aromatic N) is 5. The molecule has 1 aromatic carbocycles. The lowest BCUT2D eigenvalue weighted by Crippen LogP contribution is -2.49. The van der Waals surface area contributed by atoms with Gasteiger partial charge in [0.2, 0.25) is 0 Å². The number of pyridine rings is 1. The number of hydrogen-bond acceptors (Lipinski definition) is 7. The van der Waals surface area contributed by atoms with Crippen LogP contribution in [0, 0.1) is 21.4 Å². The average Bonchev–Trinajstić information content (AvgIpc) is 2.72. The molecule has 138 valence electrons. The number of piperazine rings is 1. The van der Waals surface area contributed by atoms with Crippen LogP contribution in [0.25, 0.3) is 0 Å². The van der Waals surface area contributed by atoms with Crippen molar-refractivity contribution in [1.29, 1.82) is 5.26 Å². The third-order valence-corrected chi connectivity index (χ3v) is 4.49. The van der Waals surface area contributed by atoms with E-state index in [0.717, 1.165) is 0 Å². The van der Waals surface area contributed by atoms with E-state index in [9.17, 15) is 20.2 Å². The second-order valence-corrected chi connectivity index (χ2v) is 6.00. The molecule has 1 amide bonds. The zero-order valence-corrected chi connectivity index (χ0v) is 14.8. The van der Waals surface area contributed by atoms with Gasteiger partial charge in [0.15, 0.2) is 0 Å². The van der Waals surface area contributed by atoms with Gasteiger partial charge < -0.3 is 15.1 Å². The Balaban J connectivity index is 1.77. The molecule has 9 nitrogen and oxygen atoms in total. The van der Waals surface area contributed by atoms with Gasteiger partial charge in [-0.25, -0.2) is 4.98 Å². The lowest BCUT2D eigenvalue weighted by atomic mass is 10.1. The Morgan fingerprint density at radius 1 is 1.30 bits per heavy atom. The van der Waals surface area contributed by atoms with Crippen molar-refractivity contribution in [2.45, 2.75) is 0 Å². The smallest absolute Gasteiger partial charge is 0.270 e. The first-order valence-corrected chi connectivity index (χ1v) is 8.40. The summed E-state index contributed by atoms with van der Waals surface area (Å²) in [6.07, 6.45) is 1.63. The van der Waals surface area contributed by atoms with Gasteiger partial charge in [0.25, 0.3) is 11.6 Å². The minimum atomic E-state index is -0.515. The minimum Gasteiger partial charge on any atom is -0.387 e. The van der Waals surface area contributed by atoms with Crippen LogP contribution in [0.5, 0.6) is 0 Å². The van der Waals surface area contributed by atoms with Crippen molar-refractivity contribution in [3.63, 3.8) is 0 Å². The van der Waals surface area contributed by atoms with Crippen molar-refractivity contribution in [2.75, 3.05) is 43.4 Å². The number of amides is 1. The number of hydrogen-bond donors (Lipinski definition) is 1. The molecule has 27 heavy (non-hydrogen) atoms. The van der Waals surface area contributed by atoms with Crippen molar-refractivity contribution in [3.05, 3.63) is 57.8 Å². The number of rotatable bonds is 4. The Morgan fingerprint density at radius 3 is 2.67 bits per heavy atom. The van der Waals surface area contributed by atoms with Crippen molar-refractivity contribution in [1.82, 2.24) is 9.88 Å². The van der Waals surface area contributed by atoms with Crippen LogP contribution in [0.15, 0.2) is 36.5 Å². The molecule has 1 aliphatic heterocycles. The van der Waals surface area contributed by atoms with Crippen LogP contribution in [0.4, 0.5) is 17.2 Å². The number of benzene rings is 1. The normalized spacial score (nSPS) is 13.8. The van der Waals surface area contributed by atoms with Crippen LogP contribution in [0.1, 0.15) is 15.9 Å². The second kappa shape index (κ2) is 7.70. The quantitative estimate of drug-likeness (QED) is 0.648. The maximum atomic E-state index is 12.9. The van der Waals surface area contributed by atoms with Gasteiger partial charge in [-0.3, -0.25) is 14.9 Å². The minimum absolute atomic E-state index is 0.122. The standard InChI is InChI=1S/C18H18N6O3/c1-20-16-5-4-14(24(26)27)11-15(16)18(25)23-9-7-22(8-10-23)17-13(12-19)3-2-6-21-17/h2-6,11,20H,7-10H2,1H3. The molecule has 0 atom stereocenters. The zero-order valence-electron chi connectivity index (χ0n) is 14.8. The van der Waals surface area contributed by atoms with Crippen LogP contribution < -0.4 is 10.2 Å². The largest absolute Gasteiger partial charge is 0.387 e. The third-order valence-electron chi connectivity index (χ3n) is 4.49. The van der Waals surface area contributed by atoms with E-state index in [4.69, 9.17) is 0 Å². The summed E-state index contributed by atoms with van der Waals surface area (Å²) in [6.45, 7) is 1.93. The van der Waals surface area contributed by atoms with Gasteiger partial charge in [-0.15, -0.1) is 0 Å². The van der Waals surface area contributed by atoms with E-state index in [0.29, 0.717) is 43.2 Å². The van der Waals surface area contributed by atoms with Gasteiger partial charge in [0, 0.05) is 57.2 Å². The first kappa shape index (κ1) is 18.1. The van der Waals surface area contributed by atoms with Gasteiger partial charge in [-0.05, 0) is 18.2 Å². The van der Waals surface area contributed by atoms with Crippen LogP contribution >= 0.6 is 0 Å². The van der Waals surface area contributed by atoms with E-state index in [2.05, 4.69) is 16.4 Å². The van der Waals surface area contributed by atoms with Crippen molar-refractivity contribution >= 4 is 23.1 Å². The van der Waals surface area contributed by atoms with E-state index in [1.54, 1.807) is 30.3 Å². The average molecular weight is 366 g/mol. The summed E-state index contributed by atoms with van der Waals surface area (Å²) in [7, 11) is 1.67. The summed E-state index contributed by atoms with van der Waals surface area (Å²) in [5.74, 6) is 0.350. The number of carbonyl (C=O) groups is 1. The number of nitro groups is 1. The summed E-state index contributed by atoms with van der Waals surface area (Å²) in [5.41, 5.74) is 1.19. The van der Waals surface area contributed by atoms with E-state index < -0.39 is 4.92 Å². The Labute approximate surface area is 156 Å². The Kier molecular flexibility index (Phi) is 5.17. The van der Waals surface area contributed by atoms with E-state index in [1.807, 2.05) is 4.90 Å². The lowest BCUT2D eigenvalue weighted by molar-refractivity contribution is -0.384. The zero-order chi connectivity index (χ0) is 19.4. The summed E-state index contributed by atoms with van der Waals surface area (Å²) >= 11 is 0. The number of nitriles is 1. The van der Waals surface area contributed by atoms with Crippen molar-refractivity contribution < 1.29 is 9.72 Å². The fourth-order valence-corrected chi connectivity index (χ4v) is 3.07. The molecule has 3 rings (SSSR count). The molecular formula is C18H18N6O3. The van der Waals surface area contributed by atoms with Crippen LogP contribution in [-0.4, -0.2) is 53.9 Å². The number of nitrogens with one attached hydrogen (secondary N) is 1. The Hall–Kier alpha value is -3.67. The Morgan fingerprint density at radius 2 is 2.04 bits per heavy atom. The highest BCUT2D eigenvalue weighted by atomic mass is 16.6. The number of non-ortho nitro benzene ring substituents is 1. The monoisotopic (exact) mass is 366 g/mol. The van der Waals surface area contributed by atoms with Crippen LogP contribution in [-0.2, 0) is 0 Å². The highest BCUT2D eigenvalue weighted by Crippen LogP contribution is 2.25. The summed E-state index contributed by atoms with van der Waals surface area (Å²) in [6, 6.07) is 9.75. The number of carbonyl (C=O) groups excluding carboxylic acids is 1. The molecule has 0 radical (unpaired) electrons. The molecule has 1 saturated heterocycles. The Bertz CT molecular complexity index is 916. The van der Waals surface area contributed by atoms with Gasteiger partial charge in [0.05, 0.1) is 16.1 Å². The van der Waals surface area contributed by atoms with E-state index in [-0.39, 0.29) is 17.2 Å². The molecule has 0 spiro atoms. The molecule has 0 unspecified atom stereocenters. The van der Waals surface area contributed by atoms with E-state index >= 15 is 0 Å². The summed E-state index contributed by atoms with van der Waals surface area (Å²) in [5, 5.41) is 23.2. The third kappa shape index (κ3) is 3.64. The molecule has 1 aromatic heterocycles. The maximum Gasteiger partial charge on any atom is 0.270 e. The number of anilines is 2. The van der Waals surface area contributed by atoms with Gasteiger partial charge >= 0.3 is 0 Å². The number of nitro benzene ring substituents is 1. The highest BCUT2D eigenvalue weighted by Gasteiger charge is 2.26. The highest BCUT2D eigenvalue weighted by molar-refractivity contribution is 6.00. The second-order valence-electron chi connectivity index (χ2n) is 6.00. The number of aromatic nitrogens is 1. The van der Waals surface area contributed by atoms with Crippen molar-refractivity contribution in [3.8, 4) is 6.07 Å². The predicted octanol–water partition coefficient (Wildman–Crippen LogP) is 1.87. The molecule has 1 N–H and O–H groups in total. The van der Waals surface area contributed by atoms with Crippen molar-refractivity contribution in [2.24, 2.45) is 0 Å². The molecule has 0 bridgehead atoms. The molecule has 2 heterocycles. The SMILES string of the molecule is CNc1ccc([N+](=O)[O-])cc1C(=O)N1CCN(c2ncccc2C#N)CC1. The fraction of sp³-hybridized carbons (Fsp3) is 0.278. The van der Waals surface area contributed by atoms with Gasteiger partial charge in [-0.2, -0.15) is 5.26 Å². The lowest BCUT2D eigenvalue weighted by Gasteiger charge is -2.36.